The van der Waals surface area contributed by atoms with Crippen LogP contribution in [0.2, 0.25) is 0 Å². The van der Waals surface area contributed by atoms with E-state index in [0.717, 1.165) is 5.92 Å². The summed E-state index contributed by atoms with van der Waals surface area (Å²) in [6.45, 7) is 2.21. The van der Waals surface area contributed by atoms with Gasteiger partial charge < -0.3 is 5.32 Å². The lowest BCUT2D eigenvalue weighted by atomic mass is 9.89. The molecule has 0 fully saturated rings. The van der Waals surface area contributed by atoms with Gasteiger partial charge in [-0.1, -0.05) is 6.08 Å². The normalized spacial score (nSPS) is 30.3. The van der Waals surface area contributed by atoms with Crippen LogP contribution < -0.4 is 5.32 Å². The number of hydrogen-bond acceptors (Lipinski definition) is 1. The van der Waals surface area contributed by atoms with E-state index in [0.29, 0.717) is 0 Å². The quantitative estimate of drug-likeness (QED) is 0.536. The molecule has 0 aromatic carbocycles. The first-order valence-electron chi connectivity index (χ1n) is 4.01. The van der Waals surface area contributed by atoms with Crippen LogP contribution >= 0.6 is 0 Å². The number of fused-ring (bicyclic) bond motifs is 1. The van der Waals surface area contributed by atoms with Crippen LogP contribution in [0.15, 0.2) is 23.5 Å². The van der Waals surface area contributed by atoms with Crippen molar-refractivity contribution in [1.82, 2.24) is 5.32 Å². The van der Waals surface area contributed by atoms with Crippen molar-refractivity contribution >= 4 is 0 Å². The van der Waals surface area contributed by atoms with Crippen LogP contribution in [-0.4, -0.2) is 0 Å². The van der Waals surface area contributed by atoms with Crippen molar-refractivity contribution in [2.75, 3.05) is 0 Å². The van der Waals surface area contributed by atoms with E-state index in [1.807, 2.05) is 0 Å². The molecule has 1 aliphatic heterocycles. The molecule has 0 saturated heterocycles. The molecule has 1 aliphatic carbocycles. The van der Waals surface area contributed by atoms with Gasteiger partial charge >= 0.3 is 0 Å². The summed E-state index contributed by atoms with van der Waals surface area (Å²) in [4.78, 5) is 0. The minimum atomic E-state index is 0.744. The maximum absolute atomic E-state index is 3.31. The molecule has 0 bridgehead atoms. The van der Waals surface area contributed by atoms with Crippen molar-refractivity contribution < 1.29 is 0 Å². The van der Waals surface area contributed by atoms with Crippen LogP contribution in [0.4, 0.5) is 0 Å². The Morgan fingerprint density at radius 2 is 2.50 bits per heavy atom. The molecule has 0 aromatic heterocycles. The van der Waals surface area contributed by atoms with Gasteiger partial charge in [-0.15, -0.1) is 0 Å². The van der Waals surface area contributed by atoms with Crippen LogP contribution in [0.3, 0.4) is 0 Å². The van der Waals surface area contributed by atoms with Crippen LogP contribution in [-0.2, 0) is 0 Å². The van der Waals surface area contributed by atoms with Gasteiger partial charge in [0.1, 0.15) is 0 Å². The average Bonchev–Trinajstić information content (AvgIpc) is 2.34. The molecule has 1 N–H and O–H groups in total. The molecule has 0 amide bonds. The lowest BCUT2D eigenvalue weighted by Crippen LogP contribution is -2.11. The third-order valence-electron chi connectivity index (χ3n) is 2.45. The zero-order valence-electron chi connectivity index (χ0n) is 6.35. The van der Waals surface area contributed by atoms with Crippen LogP contribution in [0.25, 0.3) is 0 Å². The molecular formula is C9H13N. The van der Waals surface area contributed by atoms with Gasteiger partial charge in [0.15, 0.2) is 0 Å². The summed E-state index contributed by atoms with van der Waals surface area (Å²) in [6.07, 6.45) is 8.45. The smallest absolute Gasteiger partial charge is 0.0211 e. The Hall–Kier alpha value is -0.720. The molecule has 1 heterocycles. The molecule has 1 atom stereocenters. The predicted octanol–water partition coefficient (Wildman–Crippen LogP) is 2.18. The third kappa shape index (κ3) is 0.772. The van der Waals surface area contributed by atoms with Crippen LogP contribution in [0.5, 0.6) is 0 Å². The van der Waals surface area contributed by atoms with E-state index in [1.165, 1.54) is 30.5 Å². The fourth-order valence-corrected chi connectivity index (χ4v) is 1.81. The van der Waals surface area contributed by atoms with E-state index in [1.54, 1.807) is 0 Å². The van der Waals surface area contributed by atoms with Crippen molar-refractivity contribution in [1.29, 1.82) is 0 Å². The molecule has 0 aromatic rings. The van der Waals surface area contributed by atoms with Crippen molar-refractivity contribution in [3.63, 3.8) is 0 Å². The topological polar surface area (TPSA) is 12.0 Å². The maximum atomic E-state index is 3.31. The lowest BCUT2D eigenvalue weighted by molar-refractivity contribution is 0.575. The third-order valence-corrected chi connectivity index (χ3v) is 2.45. The zero-order chi connectivity index (χ0) is 6.97. The summed E-state index contributed by atoms with van der Waals surface area (Å²) in [5, 5.41) is 3.31. The summed E-state index contributed by atoms with van der Waals surface area (Å²) in [6, 6.07) is 0. The maximum Gasteiger partial charge on any atom is 0.0211 e. The van der Waals surface area contributed by atoms with Crippen molar-refractivity contribution in [2.45, 2.75) is 26.2 Å². The fourth-order valence-electron chi connectivity index (χ4n) is 1.81. The molecule has 2 rings (SSSR count). The Morgan fingerprint density at radius 3 is 3.30 bits per heavy atom. The van der Waals surface area contributed by atoms with Crippen molar-refractivity contribution in [3.8, 4) is 0 Å². The largest absolute Gasteiger partial charge is 0.365 e. The lowest BCUT2D eigenvalue weighted by Gasteiger charge is -2.17. The Morgan fingerprint density at radius 1 is 1.60 bits per heavy atom. The fraction of sp³-hybridized carbons (Fsp3) is 0.556. The molecule has 10 heavy (non-hydrogen) atoms. The molecular weight excluding hydrogens is 122 g/mol. The van der Waals surface area contributed by atoms with Crippen LogP contribution in [0.1, 0.15) is 26.2 Å². The average molecular weight is 135 g/mol. The van der Waals surface area contributed by atoms with Gasteiger partial charge in [-0.25, -0.2) is 0 Å². The number of rotatable bonds is 0. The zero-order valence-corrected chi connectivity index (χ0v) is 6.35. The molecule has 1 nitrogen and oxygen atoms in total. The van der Waals surface area contributed by atoms with E-state index < -0.39 is 0 Å². The molecule has 0 radical (unpaired) electrons. The summed E-state index contributed by atoms with van der Waals surface area (Å²) in [7, 11) is 0. The summed E-state index contributed by atoms with van der Waals surface area (Å²) in [5.41, 5.74) is 2.95. The number of allylic oxidation sites excluding steroid dienone is 2. The van der Waals surface area contributed by atoms with E-state index in [9.17, 15) is 0 Å². The first kappa shape index (κ1) is 6.02. The number of nitrogens with one attached hydrogen (secondary N) is 1. The highest BCUT2D eigenvalue weighted by atomic mass is 14.9. The highest BCUT2D eigenvalue weighted by Gasteiger charge is 2.22. The molecule has 0 spiro atoms. The Bertz CT molecular complexity index is 201. The summed E-state index contributed by atoms with van der Waals surface area (Å²) >= 11 is 0. The predicted molar refractivity (Wildman–Crippen MR) is 42.3 cm³/mol. The Kier molecular flexibility index (Phi) is 1.30. The van der Waals surface area contributed by atoms with E-state index in [-0.39, 0.29) is 0 Å². The van der Waals surface area contributed by atoms with Gasteiger partial charge in [0, 0.05) is 17.8 Å². The number of hydrogen-bond donors (Lipinski definition) is 1. The standard InChI is InChI=1S/C9H13N/c1-7-6-10-9-5-3-2-4-8(7)9/h5-6,8,10H,2-4H2,1H3. The molecule has 0 saturated carbocycles. The minimum absolute atomic E-state index is 0.744. The van der Waals surface area contributed by atoms with Gasteiger partial charge in [0.05, 0.1) is 0 Å². The molecule has 1 heteroatoms. The SMILES string of the molecule is CC1=CNC2=CCCCC12. The second-order valence-electron chi connectivity index (χ2n) is 3.18. The van der Waals surface area contributed by atoms with Gasteiger partial charge in [-0.05, 0) is 31.8 Å². The molecule has 1 unspecified atom stereocenters. The van der Waals surface area contributed by atoms with Crippen LogP contribution in [0, 0.1) is 5.92 Å². The minimum Gasteiger partial charge on any atom is -0.365 e. The molecule has 2 aliphatic rings. The first-order valence-corrected chi connectivity index (χ1v) is 4.01. The van der Waals surface area contributed by atoms with Gasteiger partial charge in [-0.3, -0.25) is 0 Å². The van der Waals surface area contributed by atoms with E-state index in [4.69, 9.17) is 0 Å². The van der Waals surface area contributed by atoms with Gasteiger partial charge in [0.25, 0.3) is 0 Å². The van der Waals surface area contributed by atoms with Gasteiger partial charge in [-0.2, -0.15) is 0 Å². The Labute approximate surface area is 61.8 Å². The van der Waals surface area contributed by atoms with Gasteiger partial charge in [0.2, 0.25) is 0 Å². The second kappa shape index (κ2) is 2.15. The molecule has 54 valence electrons. The Balaban J connectivity index is 2.25. The summed E-state index contributed by atoms with van der Waals surface area (Å²) < 4.78 is 0. The van der Waals surface area contributed by atoms with Crippen molar-refractivity contribution in [3.05, 3.63) is 23.5 Å². The highest BCUT2D eigenvalue weighted by molar-refractivity contribution is 5.28. The summed E-state index contributed by atoms with van der Waals surface area (Å²) in [5.74, 6) is 0.744. The first-order chi connectivity index (χ1) is 4.88. The van der Waals surface area contributed by atoms with E-state index in [2.05, 4.69) is 24.5 Å². The van der Waals surface area contributed by atoms with Crippen molar-refractivity contribution in [2.24, 2.45) is 5.92 Å². The van der Waals surface area contributed by atoms with E-state index >= 15 is 0 Å². The monoisotopic (exact) mass is 135 g/mol. The second-order valence-corrected chi connectivity index (χ2v) is 3.18. The highest BCUT2D eigenvalue weighted by Crippen LogP contribution is 2.32.